The Morgan fingerprint density at radius 3 is 2.30 bits per heavy atom. The number of benzene rings is 2. The molecule has 2 rings (SSSR count). The fraction of sp³-hybridized carbons (Fsp3) is 0.235. The molecule has 1 N–H and O–H groups in total. The molecule has 10 heteroatoms. The summed E-state index contributed by atoms with van der Waals surface area (Å²) in [7, 11) is -3.99. The van der Waals surface area contributed by atoms with Crippen molar-refractivity contribution in [2.24, 2.45) is 0 Å². The Labute approximate surface area is 177 Å². The van der Waals surface area contributed by atoms with Gasteiger partial charge in [-0.2, -0.15) is 0 Å². The minimum atomic E-state index is -3.99. The summed E-state index contributed by atoms with van der Waals surface area (Å²) < 4.78 is 27.8. The summed E-state index contributed by atoms with van der Waals surface area (Å²) in [5.41, 5.74) is 0.225. The molecule has 0 aliphatic carbocycles. The van der Waals surface area contributed by atoms with E-state index in [9.17, 15) is 13.2 Å². The number of aliphatic carboxylic acids is 1. The topological polar surface area (TPSA) is 74.7 Å². The van der Waals surface area contributed by atoms with Crippen molar-refractivity contribution in [3.8, 4) is 0 Å². The van der Waals surface area contributed by atoms with Gasteiger partial charge in [0, 0.05) is 15.8 Å². The molecule has 0 saturated heterocycles. The van der Waals surface area contributed by atoms with Crippen molar-refractivity contribution in [1.29, 1.82) is 0 Å². The molecule has 0 aromatic heterocycles. The molecule has 0 fully saturated rings. The maximum Gasteiger partial charge on any atom is 0.313 e. The van der Waals surface area contributed by atoms with Gasteiger partial charge in [-0.1, -0.05) is 34.8 Å². The standard InChI is InChI=1S/C17H16Cl3NO4S2/c1-11(9-26-10-17(22)23)21(16-8-13(19)4-7-15(16)20)27(24,25)14-5-2-12(18)3-6-14/h2-8,11H,9-10H2,1H3,(H,22,23)/t11-/m1/s1. The van der Waals surface area contributed by atoms with Crippen molar-refractivity contribution in [2.45, 2.75) is 17.9 Å². The van der Waals surface area contributed by atoms with Gasteiger partial charge in [0.15, 0.2) is 0 Å². The molecule has 1 atom stereocenters. The Hall–Kier alpha value is -1.12. The van der Waals surface area contributed by atoms with Crippen LogP contribution in [0, 0.1) is 0 Å². The Balaban J connectivity index is 2.50. The van der Waals surface area contributed by atoms with Gasteiger partial charge in [0.25, 0.3) is 10.0 Å². The molecule has 0 radical (unpaired) electrons. The van der Waals surface area contributed by atoms with Gasteiger partial charge in [-0.25, -0.2) is 8.42 Å². The first kappa shape index (κ1) is 22.2. The SMILES string of the molecule is C[C@H](CSCC(=O)O)N(c1cc(Cl)ccc1Cl)S(=O)(=O)c1ccc(Cl)cc1. The lowest BCUT2D eigenvalue weighted by Gasteiger charge is -2.31. The zero-order chi connectivity index (χ0) is 20.2. The number of carboxylic acid groups (broad SMARTS) is 1. The molecule has 27 heavy (non-hydrogen) atoms. The van der Waals surface area contributed by atoms with Crippen LogP contribution in [-0.2, 0) is 14.8 Å². The highest BCUT2D eigenvalue weighted by atomic mass is 35.5. The van der Waals surface area contributed by atoms with E-state index in [2.05, 4.69) is 0 Å². The number of halogens is 3. The summed E-state index contributed by atoms with van der Waals surface area (Å²) in [6.07, 6.45) is 0. The molecule has 2 aromatic rings. The lowest BCUT2D eigenvalue weighted by molar-refractivity contribution is -0.133. The van der Waals surface area contributed by atoms with Gasteiger partial charge < -0.3 is 5.11 Å². The van der Waals surface area contributed by atoms with Crippen molar-refractivity contribution >= 4 is 68.2 Å². The number of hydrogen-bond donors (Lipinski definition) is 1. The van der Waals surface area contributed by atoms with Crippen molar-refractivity contribution < 1.29 is 18.3 Å². The van der Waals surface area contributed by atoms with Gasteiger partial charge in [-0.15, -0.1) is 11.8 Å². The number of anilines is 1. The van der Waals surface area contributed by atoms with Crippen LogP contribution >= 0.6 is 46.6 Å². The minimum absolute atomic E-state index is 0.0398. The molecular weight excluding hydrogens is 453 g/mol. The third kappa shape index (κ3) is 5.68. The number of carboxylic acids is 1. The largest absolute Gasteiger partial charge is 0.481 e. The van der Waals surface area contributed by atoms with Gasteiger partial charge in [0.05, 0.1) is 27.4 Å². The van der Waals surface area contributed by atoms with Crippen LogP contribution in [0.1, 0.15) is 6.92 Å². The van der Waals surface area contributed by atoms with Crippen LogP contribution in [0.4, 0.5) is 5.69 Å². The number of rotatable bonds is 8. The number of thioether (sulfide) groups is 1. The van der Waals surface area contributed by atoms with Gasteiger partial charge in [-0.05, 0) is 49.4 Å². The van der Waals surface area contributed by atoms with Crippen LogP contribution in [0.15, 0.2) is 47.4 Å². The van der Waals surface area contributed by atoms with E-state index >= 15 is 0 Å². The predicted octanol–water partition coefficient (Wildman–Crippen LogP) is 5.05. The molecule has 0 spiro atoms. The fourth-order valence-corrected chi connectivity index (χ4v) is 5.46. The molecule has 5 nitrogen and oxygen atoms in total. The van der Waals surface area contributed by atoms with E-state index < -0.39 is 22.0 Å². The minimum Gasteiger partial charge on any atom is -0.481 e. The van der Waals surface area contributed by atoms with Gasteiger partial charge >= 0.3 is 5.97 Å². The molecule has 0 heterocycles. The fourth-order valence-electron chi connectivity index (χ4n) is 2.36. The van der Waals surface area contributed by atoms with Crippen LogP contribution in [0.3, 0.4) is 0 Å². The first-order valence-corrected chi connectivity index (χ1v) is 11.4. The number of nitrogens with zero attached hydrogens (tertiary/aromatic N) is 1. The molecular formula is C17H16Cl3NO4S2. The average Bonchev–Trinajstić information content (AvgIpc) is 2.58. The van der Waals surface area contributed by atoms with Crippen LogP contribution in [0.5, 0.6) is 0 Å². The second-order valence-corrected chi connectivity index (χ2v) is 9.73. The van der Waals surface area contributed by atoms with E-state index in [0.717, 1.165) is 11.8 Å². The van der Waals surface area contributed by atoms with Crippen molar-refractivity contribution in [2.75, 3.05) is 15.8 Å². The second kappa shape index (κ2) is 9.39. The molecule has 0 saturated carbocycles. The van der Waals surface area contributed by atoms with E-state index in [0.29, 0.717) is 10.0 Å². The highest BCUT2D eigenvalue weighted by molar-refractivity contribution is 8.00. The third-order valence-corrected chi connectivity index (χ3v) is 7.42. The summed E-state index contributed by atoms with van der Waals surface area (Å²) in [4.78, 5) is 10.8. The Morgan fingerprint density at radius 2 is 1.70 bits per heavy atom. The number of sulfonamides is 1. The quantitative estimate of drug-likeness (QED) is 0.587. The van der Waals surface area contributed by atoms with E-state index in [-0.39, 0.29) is 27.1 Å². The molecule has 0 aliphatic rings. The first-order valence-electron chi connectivity index (χ1n) is 7.67. The summed E-state index contributed by atoms with van der Waals surface area (Å²) in [6.45, 7) is 1.68. The number of hydrogen-bond acceptors (Lipinski definition) is 4. The highest BCUT2D eigenvalue weighted by Crippen LogP contribution is 2.35. The molecule has 0 bridgehead atoms. The zero-order valence-electron chi connectivity index (χ0n) is 14.1. The lowest BCUT2D eigenvalue weighted by Crippen LogP contribution is -2.40. The molecule has 2 aromatic carbocycles. The van der Waals surface area contributed by atoms with E-state index in [4.69, 9.17) is 39.9 Å². The van der Waals surface area contributed by atoms with Gasteiger partial charge in [0.2, 0.25) is 0 Å². The Bertz CT molecular complexity index is 920. The summed E-state index contributed by atoms with van der Waals surface area (Å²) in [6, 6.07) is 9.74. The first-order chi connectivity index (χ1) is 12.6. The maximum absolute atomic E-state index is 13.3. The average molecular weight is 469 g/mol. The molecule has 0 unspecified atom stereocenters. The van der Waals surface area contributed by atoms with Crippen LogP contribution < -0.4 is 4.31 Å². The second-order valence-electron chi connectivity index (χ2n) is 5.61. The van der Waals surface area contributed by atoms with Crippen LogP contribution in [0.25, 0.3) is 0 Å². The summed E-state index contributed by atoms with van der Waals surface area (Å²) in [5.74, 6) is -0.857. The molecule has 0 aliphatic heterocycles. The monoisotopic (exact) mass is 467 g/mol. The maximum atomic E-state index is 13.3. The van der Waals surface area contributed by atoms with E-state index in [1.165, 1.54) is 40.7 Å². The predicted molar refractivity (Wildman–Crippen MR) is 112 cm³/mol. The molecule has 146 valence electrons. The van der Waals surface area contributed by atoms with E-state index in [1.54, 1.807) is 13.0 Å². The van der Waals surface area contributed by atoms with Crippen molar-refractivity contribution in [1.82, 2.24) is 0 Å². The number of carbonyl (C=O) groups is 1. The van der Waals surface area contributed by atoms with Crippen LogP contribution in [0.2, 0.25) is 15.1 Å². The van der Waals surface area contributed by atoms with Gasteiger partial charge in [-0.3, -0.25) is 9.10 Å². The third-order valence-electron chi connectivity index (χ3n) is 3.50. The summed E-state index contributed by atoms with van der Waals surface area (Å²) in [5, 5.41) is 9.78. The van der Waals surface area contributed by atoms with Crippen LogP contribution in [-0.4, -0.2) is 37.0 Å². The van der Waals surface area contributed by atoms with Crippen molar-refractivity contribution in [3.05, 3.63) is 57.5 Å². The zero-order valence-corrected chi connectivity index (χ0v) is 18.0. The normalized spacial score (nSPS) is 12.6. The molecule has 0 amide bonds. The van der Waals surface area contributed by atoms with Crippen molar-refractivity contribution in [3.63, 3.8) is 0 Å². The summed E-state index contributed by atoms with van der Waals surface area (Å²) >= 11 is 19.3. The highest BCUT2D eigenvalue weighted by Gasteiger charge is 2.31. The van der Waals surface area contributed by atoms with Gasteiger partial charge in [0.1, 0.15) is 0 Å². The Kier molecular flexibility index (Phi) is 7.71. The smallest absolute Gasteiger partial charge is 0.313 e. The lowest BCUT2D eigenvalue weighted by atomic mass is 10.3. The Morgan fingerprint density at radius 1 is 1.11 bits per heavy atom. The van der Waals surface area contributed by atoms with E-state index in [1.807, 2.05) is 0 Å².